The second-order valence-electron chi connectivity index (χ2n) is 7.90. The molecule has 2 heteroatoms. The van der Waals surface area contributed by atoms with Crippen LogP contribution in [-0.2, 0) is 12.8 Å². The molecule has 2 N–H and O–H groups in total. The summed E-state index contributed by atoms with van der Waals surface area (Å²) in [6.07, 6.45) is 10.0. The van der Waals surface area contributed by atoms with E-state index < -0.39 is 0 Å². The van der Waals surface area contributed by atoms with Crippen molar-refractivity contribution in [3.63, 3.8) is 0 Å². The van der Waals surface area contributed by atoms with Crippen molar-refractivity contribution in [2.24, 2.45) is 0 Å². The smallest absolute Gasteiger partial charge is 0.122 e. The highest BCUT2D eigenvalue weighted by molar-refractivity contribution is 5.58. The Bertz CT molecular complexity index is 834. The fourth-order valence-electron chi connectivity index (χ4n) is 2.97. The molecule has 0 aromatic heterocycles. The van der Waals surface area contributed by atoms with Crippen LogP contribution in [0.4, 0.5) is 0 Å². The standard InChI is InChI=1S/C26H32O2/c1-18(2)6-10-23-16-21(17-24(26(23)28)11-7-19(3)4)9-8-20(5)22-12-14-25(27)15-13-22/h6-9,12-17,20,27-28H,10-11H2,1-5H3/b9-8+. The molecule has 2 nitrogen and oxygen atoms in total. The minimum absolute atomic E-state index is 0.233. The molecule has 1 unspecified atom stereocenters. The predicted molar refractivity (Wildman–Crippen MR) is 120 cm³/mol. The third kappa shape index (κ3) is 6.45. The van der Waals surface area contributed by atoms with Crippen LogP contribution in [0.1, 0.15) is 62.8 Å². The fraction of sp³-hybridized carbons (Fsp3) is 0.308. The van der Waals surface area contributed by atoms with Crippen LogP contribution in [0.2, 0.25) is 0 Å². The molecule has 28 heavy (non-hydrogen) atoms. The van der Waals surface area contributed by atoms with Crippen molar-refractivity contribution in [1.29, 1.82) is 0 Å². The van der Waals surface area contributed by atoms with Gasteiger partial charge in [-0.2, -0.15) is 0 Å². The van der Waals surface area contributed by atoms with Gasteiger partial charge in [0.05, 0.1) is 0 Å². The summed E-state index contributed by atoms with van der Waals surface area (Å²) in [5, 5.41) is 20.2. The van der Waals surface area contributed by atoms with E-state index in [-0.39, 0.29) is 11.7 Å². The molecule has 0 spiro atoms. The minimum Gasteiger partial charge on any atom is -0.508 e. The Balaban J connectivity index is 2.34. The van der Waals surface area contributed by atoms with Gasteiger partial charge in [0.25, 0.3) is 0 Å². The average molecular weight is 377 g/mol. The van der Waals surface area contributed by atoms with Crippen molar-refractivity contribution in [3.05, 3.63) is 88.0 Å². The molecule has 0 saturated carbocycles. The van der Waals surface area contributed by atoms with E-state index in [0.717, 1.165) is 35.1 Å². The lowest BCUT2D eigenvalue weighted by molar-refractivity contribution is 0.464. The zero-order valence-corrected chi connectivity index (χ0v) is 17.7. The fourth-order valence-corrected chi connectivity index (χ4v) is 2.97. The lowest BCUT2D eigenvalue weighted by Crippen LogP contribution is -1.93. The maximum atomic E-state index is 10.7. The van der Waals surface area contributed by atoms with Gasteiger partial charge in [0.1, 0.15) is 11.5 Å². The molecule has 1 atom stereocenters. The van der Waals surface area contributed by atoms with Gasteiger partial charge in [-0.25, -0.2) is 0 Å². The second kappa shape index (κ2) is 9.98. The number of aromatic hydroxyl groups is 2. The molecule has 0 aliphatic rings. The Hall–Kier alpha value is -2.74. The van der Waals surface area contributed by atoms with Gasteiger partial charge in [0.2, 0.25) is 0 Å². The van der Waals surface area contributed by atoms with Gasteiger partial charge in [-0.1, -0.05) is 54.5 Å². The molecular weight excluding hydrogens is 344 g/mol. The maximum Gasteiger partial charge on any atom is 0.122 e. The summed E-state index contributed by atoms with van der Waals surface area (Å²) < 4.78 is 0. The molecule has 0 aliphatic heterocycles. The first-order valence-electron chi connectivity index (χ1n) is 9.85. The average Bonchev–Trinajstić information content (AvgIpc) is 2.65. The maximum absolute atomic E-state index is 10.7. The number of rotatable bonds is 7. The third-order valence-corrected chi connectivity index (χ3v) is 4.75. The van der Waals surface area contributed by atoms with Gasteiger partial charge in [-0.05, 0) is 93.0 Å². The summed E-state index contributed by atoms with van der Waals surface area (Å²) in [7, 11) is 0. The molecule has 2 aromatic rings. The molecule has 2 rings (SSSR count). The van der Waals surface area contributed by atoms with Crippen LogP contribution in [-0.4, -0.2) is 10.2 Å². The predicted octanol–water partition coefficient (Wildman–Crippen LogP) is 6.93. The van der Waals surface area contributed by atoms with Crippen molar-refractivity contribution in [2.45, 2.75) is 53.4 Å². The number of allylic oxidation sites excluding steroid dienone is 5. The Labute approximate surface area is 169 Å². The molecule has 0 radical (unpaired) electrons. The molecule has 0 saturated heterocycles. The molecule has 0 amide bonds. The Morgan fingerprint density at radius 3 is 1.82 bits per heavy atom. The quantitative estimate of drug-likeness (QED) is 0.514. The van der Waals surface area contributed by atoms with Crippen LogP contribution in [0, 0.1) is 0 Å². The molecule has 2 aromatic carbocycles. The highest BCUT2D eigenvalue weighted by Crippen LogP contribution is 2.28. The van der Waals surface area contributed by atoms with E-state index in [1.54, 1.807) is 12.1 Å². The number of phenolic OH excluding ortho intramolecular Hbond substituents is 2. The van der Waals surface area contributed by atoms with Crippen LogP contribution in [0.25, 0.3) is 6.08 Å². The van der Waals surface area contributed by atoms with E-state index in [9.17, 15) is 10.2 Å². The zero-order chi connectivity index (χ0) is 20.7. The van der Waals surface area contributed by atoms with E-state index in [4.69, 9.17) is 0 Å². The lowest BCUT2D eigenvalue weighted by atomic mass is 9.96. The Morgan fingerprint density at radius 1 is 0.857 bits per heavy atom. The summed E-state index contributed by atoms with van der Waals surface area (Å²) >= 11 is 0. The van der Waals surface area contributed by atoms with E-state index in [2.05, 4.69) is 71.1 Å². The largest absolute Gasteiger partial charge is 0.508 e. The van der Waals surface area contributed by atoms with E-state index in [1.807, 2.05) is 12.1 Å². The van der Waals surface area contributed by atoms with E-state index >= 15 is 0 Å². The summed E-state index contributed by atoms with van der Waals surface area (Å²) in [6, 6.07) is 11.5. The lowest BCUT2D eigenvalue weighted by Gasteiger charge is -2.11. The van der Waals surface area contributed by atoms with Crippen LogP contribution >= 0.6 is 0 Å². The zero-order valence-electron chi connectivity index (χ0n) is 17.7. The van der Waals surface area contributed by atoms with Gasteiger partial charge in [-0.15, -0.1) is 0 Å². The van der Waals surface area contributed by atoms with Crippen molar-refractivity contribution in [2.75, 3.05) is 0 Å². The summed E-state index contributed by atoms with van der Waals surface area (Å²) in [4.78, 5) is 0. The normalized spacial score (nSPS) is 12.0. The van der Waals surface area contributed by atoms with Crippen LogP contribution < -0.4 is 0 Å². The summed E-state index contributed by atoms with van der Waals surface area (Å²) in [5.41, 5.74) is 6.65. The molecule has 0 fully saturated rings. The molecular formula is C26H32O2. The Morgan fingerprint density at radius 2 is 1.36 bits per heavy atom. The number of hydrogen-bond donors (Lipinski definition) is 2. The molecule has 0 aliphatic carbocycles. The van der Waals surface area contributed by atoms with Gasteiger partial charge < -0.3 is 10.2 Å². The number of benzene rings is 2. The minimum atomic E-state index is 0.233. The first-order valence-corrected chi connectivity index (χ1v) is 9.85. The SMILES string of the molecule is CC(C)=CCc1cc(/C=C/C(C)c2ccc(O)cc2)cc(CC=C(C)C)c1O. The van der Waals surface area contributed by atoms with Gasteiger partial charge >= 0.3 is 0 Å². The van der Waals surface area contributed by atoms with Crippen LogP contribution in [0.3, 0.4) is 0 Å². The van der Waals surface area contributed by atoms with Crippen molar-refractivity contribution < 1.29 is 10.2 Å². The first-order chi connectivity index (χ1) is 13.3. The third-order valence-electron chi connectivity index (χ3n) is 4.75. The van der Waals surface area contributed by atoms with Gasteiger partial charge in [0.15, 0.2) is 0 Å². The number of hydrogen-bond acceptors (Lipinski definition) is 2. The molecule has 0 bridgehead atoms. The monoisotopic (exact) mass is 376 g/mol. The van der Waals surface area contributed by atoms with Crippen molar-refractivity contribution in [1.82, 2.24) is 0 Å². The van der Waals surface area contributed by atoms with Crippen molar-refractivity contribution >= 4 is 6.08 Å². The first kappa shape index (κ1) is 21.6. The highest BCUT2D eigenvalue weighted by atomic mass is 16.3. The summed E-state index contributed by atoms with van der Waals surface area (Å²) in [5.74, 6) is 0.918. The summed E-state index contributed by atoms with van der Waals surface area (Å²) in [6.45, 7) is 10.4. The molecule has 148 valence electrons. The van der Waals surface area contributed by atoms with E-state index in [0.29, 0.717) is 5.75 Å². The van der Waals surface area contributed by atoms with Crippen molar-refractivity contribution in [3.8, 4) is 11.5 Å². The topological polar surface area (TPSA) is 40.5 Å². The van der Waals surface area contributed by atoms with Crippen LogP contribution in [0.5, 0.6) is 11.5 Å². The Kier molecular flexibility index (Phi) is 7.69. The molecule has 0 heterocycles. The number of phenols is 2. The van der Waals surface area contributed by atoms with Crippen LogP contribution in [0.15, 0.2) is 65.8 Å². The second-order valence-corrected chi connectivity index (χ2v) is 7.90. The van der Waals surface area contributed by atoms with Gasteiger partial charge in [0, 0.05) is 0 Å². The van der Waals surface area contributed by atoms with E-state index in [1.165, 1.54) is 11.1 Å². The highest BCUT2D eigenvalue weighted by Gasteiger charge is 2.09. The van der Waals surface area contributed by atoms with Gasteiger partial charge in [-0.3, -0.25) is 0 Å².